The predicted octanol–water partition coefficient (Wildman–Crippen LogP) is 3.08. The Labute approximate surface area is 103 Å². The molecule has 0 bridgehead atoms. The minimum Gasteiger partial charge on any atom is -0.311 e. The van der Waals surface area contributed by atoms with E-state index in [2.05, 4.69) is 23.7 Å². The SMILES string of the molecule is CCNCc1nc2c(s1)CCc1sccc1-2. The molecular formula is C12H14N2S2. The Hall–Kier alpha value is -0.710. The number of thiazole rings is 1. The molecule has 2 aromatic heterocycles. The summed E-state index contributed by atoms with van der Waals surface area (Å²) in [5.74, 6) is 0. The number of hydrogen-bond donors (Lipinski definition) is 1. The maximum absolute atomic E-state index is 4.76. The Balaban J connectivity index is 1.96. The zero-order chi connectivity index (χ0) is 11.0. The van der Waals surface area contributed by atoms with E-state index in [1.807, 2.05) is 22.7 Å². The highest BCUT2D eigenvalue weighted by Crippen LogP contribution is 2.38. The third kappa shape index (κ3) is 1.71. The summed E-state index contributed by atoms with van der Waals surface area (Å²) >= 11 is 3.74. The summed E-state index contributed by atoms with van der Waals surface area (Å²) in [6.45, 7) is 4.05. The molecule has 0 unspecified atom stereocenters. The van der Waals surface area contributed by atoms with Gasteiger partial charge in [-0.3, -0.25) is 0 Å². The van der Waals surface area contributed by atoms with Gasteiger partial charge in [0.05, 0.1) is 5.69 Å². The molecule has 0 saturated carbocycles. The van der Waals surface area contributed by atoms with Crippen LogP contribution >= 0.6 is 22.7 Å². The fourth-order valence-corrected chi connectivity index (χ4v) is 3.99. The van der Waals surface area contributed by atoms with E-state index in [4.69, 9.17) is 4.98 Å². The van der Waals surface area contributed by atoms with Crippen LogP contribution in [-0.4, -0.2) is 11.5 Å². The number of hydrogen-bond acceptors (Lipinski definition) is 4. The number of aromatic nitrogens is 1. The van der Waals surface area contributed by atoms with Gasteiger partial charge >= 0.3 is 0 Å². The first-order chi connectivity index (χ1) is 7.88. The van der Waals surface area contributed by atoms with E-state index in [0.29, 0.717) is 0 Å². The van der Waals surface area contributed by atoms with E-state index in [-0.39, 0.29) is 0 Å². The van der Waals surface area contributed by atoms with Gasteiger partial charge in [0.1, 0.15) is 5.01 Å². The highest BCUT2D eigenvalue weighted by atomic mass is 32.1. The zero-order valence-electron chi connectivity index (χ0n) is 9.25. The third-order valence-corrected chi connectivity index (χ3v) is 4.94. The summed E-state index contributed by atoms with van der Waals surface area (Å²) in [7, 11) is 0. The van der Waals surface area contributed by atoms with Gasteiger partial charge in [-0.1, -0.05) is 6.92 Å². The molecule has 2 heterocycles. The van der Waals surface area contributed by atoms with Crippen LogP contribution in [0, 0.1) is 0 Å². The minimum atomic E-state index is 0.910. The first-order valence-electron chi connectivity index (χ1n) is 5.64. The van der Waals surface area contributed by atoms with Crippen molar-refractivity contribution < 1.29 is 0 Å². The minimum absolute atomic E-state index is 0.910. The molecule has 2 aromatic rings. The average molecular weight is 250 g/mol. The van der Waals surface area contributed by atoms with Gasteiger partial charge in [0.2, 0.25) is 0 Å². The molecule has 0 atom stereocenters. The molecular weight excluding hydrogens is 236 g/mol. The second kappa shape index (κ2) is 4.28. The summed E-state index contributed by atoms with van der Waals surface area (Å²) in [6, 6.07) is 2.22. The summed E-state index contributed by atoms with van der Waals surface area (Å²) in [4.78, 5) is 7.74. The van der Waals surface area contributed by atoms with Crippen LogP contribution < -0.4 is 5.32 Å². The summed E-state index contributed by atoms with van der Waals surface area (Å²) in [6.07, 6.45) is 2.37. The highest BCUT2D eigenvalue weighted by molar-refractivity contribution is 7.12. The van der Waals surface area contributed by atoms with Gasteiger partial charge in [-0.2, -0.15) is 0 Å². The fraction of sp³-hybridized carbons (Fsp3) is 0.417. The number of nitrogens with one attached hydrogen (secondary N) is 1. The van der Waals surface area contributed by atoms with Gasteiger partial charge < -0.3 is 5.32 Å². The normalized spacial score (nSPS) is 13.6. The van der Waals surface area contributed by atoms with E-state index >= 15 is 0 Å². The lowest BCUT2D eigenvalue weighted by Gasteiger charge is -2.09. The van der Waals surface area contributed by atoms with Gasteiger partial charge in [0.15, 0.2) is 0 Å². The van der Waals surface area contributed by atoms with Gasteiger partial charge in [0, 0.05) is 21.9 Å². The van der Waals surface area contributed by atoms with Crippen molar-refractivity contribution in [3.05, 3.63) is 26.2 Å². The van der Waals surface area contributed by atoms with Gasteiger partial charge in [-0.05, 0) is 30.8 Å². The van der Waals surface area contributed by atoms with Crippen molar-refractivity contribution >= 4 is 22.7 Å². The maximum atomic E-state index is 4.76. The van der Waals surface area contributed by atoms with Crippen LogP contribution in [0.5, 0.6) is 0 Å². The predicted molar refractivity (Wildman–Crippen MR) is 70.2 cm³/mol. The largest absolute Gasteiger partial charge is 0.311 e. The molecule has 0 fully saturated rings. The van der Waals surface area contributed by atoms with Crippen LogP contribution in [0.1, 0.15) is 21.7 Å². The molecule has 1 N–H and O–H groups in total. The Morgan fingerprint density at radius 3 is 3.12 bits per heavy atom. The molecule has 16 heavy (non-hydrogen) atoms. The van der Waals surface area contributed by atoms with Crippen molar-refractivity contribution in [1.82, 2.24) is 10.3 Å². The quantitative estimate of drug-likeness (QED) is 0.905. The number of nitrogens with zero attached hydrogens (tertiary/aromatic N) is 1. The van der Waals surface area contributed by atoms with Crippen molar-refractivity contribution in [2.75, 3.05) is 6.54 Å². The van der Waals surface area contributed by atoms with E-state index in [0.717, 1.165) is 13.1 Å². The molecule has 84 valence electrons. The molecule has 1 aliphatic carbocycles. The van der Waals surface area contributed by atoms with E-state index in [9.17, 15) is 0 Å². The molecule has 0 radical (unpaired) electrons. The van der Waals surface area contributed by atoms with E-state index < -0.39 is 0 Å². The highest BCUT2D eigenvalue weighted by Gasteiger charge is 2.21. The Morgan fingerprint density at radius 2 is 2.25 bits per heavy atom. The van der Waals surface area contributed by atoms with Crippen molar-refractivity contribution in [3.8, 4) is 11.3 Å². The number of thiophene rings is 1. The second-order valence-electron chi connectivity index (χ2n) is 3.92. The number of rotatable bonds is 3. The zero-order valence-corrected chi connectivity index (χ0v) is 10.9. The Morgan fingerprint density at radius 1 is 1.38 bits per heavy atom. The Bertz CT molecular complexity index is 499. The Kier molecular flexibility index (Phi) is 2.79. The number of fused-ring (bicyclic) bond motifs is 3. The van der Waals surface area contributed by atoms with Crippen LogP contribution in [-0.2, 0) is 19.4 Å². The molecule has 0 aromatic carbocycles. The smallest absolute Gasteiger partial charge is 0.107 e. The third-order valence-electron chi connectivity index (χ3n) is 2.85. The molecule has 0 aliphatic heterocycles. The topological polar surface area (TPSA) is 24.9 Å². The van der Waals surface area contributed by atoms with Crippen LogP contribution in [0.3, 0.4) is 0 Å². The second-order valence-corrected chi connectivity index (χ2v) is 6.09. The van der Waals surface area contributed by atoms with Crippen molar-refractivity contribution in [2.24, 2.45) is 0 Å². The van der Waals surface area contributed by atoms with Crippen molar-refractivity contribution in [3.63, 3.8) is 0 Å². The summed E-state index contributed by atoms with van der Waals surface area (Å²) < 4.78 is 0. The molecule has 3 rings (SSSR count). The first kappa shape index (κ1) is 10.4. The molecule has 0 amide bonds. The molecule has 4 heteroatoms. The standard InChI is InChI=1S/C12H14N2S2/c1-2-13-7-11-14-12-8-5-6-15-9(8)3-4-10(12)16-11/h5-6,13H,2-4,7H2,1H3. The average Bonchev–Trinajstić information content (AvgIpc) is 2.90. The van der Waals surface area contributed by atoms with Crippen LogP contribution in [0.2, 0.25) is 0 Å². The van der Waals surface area contributed by atoms with Crippen LogP contribution in [0.25, 0.3) is 11.3 Å². The van der Waals surface area contributed by atoms with Crippen LogP contribution in [0.15, 0.2) is 11.4 Å². The van der Waals surface area contributed by atoms with Gasteiger partial charge in [-0.15, -0.1) is 22.7 Å². The van der Waals surface area contributed by atoms with Gasteiger partial charge in [0.25, 0.3) is 0 Å². The lowest BCUT2D eigenvalue weighted by Crippen LogP contribution is -2.11. The number of aryl methyl sites for hydroxylation is 2. The van der Waals surface area contributed by atoms with Crippen molar-refractivity contribution in [1.29, 1.82) is 0 Å². The fourth-order valence-electron chi connectivity index (χ4n) is 2.06. The molecule has 0 saturated heterocycles. The summed E-state index contributed by atoms with van der Waals surface area (Å²) in [5.41, 5.74) is 2.63. The maximum Gasteiger partial charge on any atom is 0.107 e. The summed E-state index contributed by atoms with van der Waals surface area (Å²) in [5, 5.41) is 6.75. The molecule has 2 nitrogen and oxygen atoms in total. The van der Waals surface area contributed by atoms with E-state index in [1.54, 1.807) is 0 Å². The first-order valence-corrected chi connectivity index (χ1v) is 7.34. The van der Waals surface area contributed by atoms with Crippen LogP contribution in [0.4, 0.5) is 0 Å². The van der Waals surface area contributed by atoms with Gasteiger partial charge in [-0.25, -0.2) is 4.98 Å². The lowest BCUT2D eigenvalue weighted by atomic mass is 10.0. The lowest BCUT2D eigenvalue weighted by molar-refractivity contribution is 0.723. The molecule has 1 aliphatic rings. The van der Waals surface area contributed by atoms with E-state index in [1.165, 1.54) is 38.9 Å². The monoisotopic (exact) mass is 250 g/mol. The molecule has 0 spiro atoms. The van der Waals surface area contributed by atoms with Crippen molar-refractivity contribution in [2.45, 2.75) is 26.3 Å².